The second-order valence-electron chi connectivity index (χ2n) is 5.92. The molecule has 1 aliphatic heterocycles. The van der Waals surface area contributed by atoms with E-state index in [4.69, 9.17) is 9.47 Å². The predicted octanol–water partition coefficient (Wildman–Crippen LogP) is 2.78. The summed E-state index contributed by atoms with van der Waals surface area (Å²) in [5.74, 6) is -1.48. The number of imide groups is 1. The number of hydrogen-bond acceptors (Lipinski definition) is 5. The molecule has 1 unspecified atom stereocenters. The second kappa shape index (κ2) is 7.93. The number of esters is 1. The summed E-state index contributed by atoms with van der Waals surface area (Å²) < 4.78 is 10.8. The molecule has 0 saturated heterocycles. The number of ether oxygens (including phenoxy) is 2. The quantitative estimate of drug-likeness (QED) is 0.435. The van der Waals surface area contributed by atoms with Gasteiger partial charge in [0.2, 0.25) is 0 Å². The molecule has 6 nitrogen and oxygen atoms in total. The third-order valence-corrected chi connectivity index (χ3v) is 4.04. The smallest absolute Gasteiger partial charge is 0.304 e. The largest absolute Gasteiger partial charge is 0.441 e. The van der Waals surface area contributed by atoms with Crippen LogP contribution in [0.5, 0.6) is 0 Å². The van der Waals surface area contributed by atoms with Crippen LogP contribution < -0.4 is 0 Å². The standard InChI is InChI=1S/C20H19NO5/c1-14(22)26-18(11-12-25-13-15-7-3-2-4-8-15)21-19(23)16-9-5-6-10-17(16)20(21)24/h2-10,18H,11-13H2,1H3. The number of fused-ring (bicyclic) bond motifs is 1. The molecule has 2 aromatic carbocycles. The Balaban J connectivity index is 1.66. The van der Waals surface area contributed by atoms with Gasteiger partial charge in [-0.2, -0.15) is 0 Å². The zero-order valence-electron chi connectivity index (χ0n) is 14.4. The number of amides is 2. The summed E-state index contributed by atoms with van der Waals surface area (Å²) in [6, 6.07) is 16.2. The molecule has 2 aromatic rings. The topological polar surface area (TPSA) is 72.9 Å². The molecule has 1 heterocycles. The molecule has 0 saturated carbocycles. The van der Waals surface area contributed by atoms with E-state index in [1.165, 1.54) is 6.92 Å². The maximum atomic E-state index is 12.6. The molecule has 2 amide bonds. The number of benzene rings is 2. The number of carbonyl (C=O) groups is 3. The van der Waals surface area contributed by atoms with E-state index in [2.05, 4.69) is 0 Å². The summed E-state index contributed by atoms with van der Waals surface area (Å²) in [6.07, 6.45) is -0.784. The van der Waals surface area contributed by atoms with Crippen LogP contribution >= 0.6 is 0 Å². The average Bonchev–Trinajstić information content (AvgIpc) is 2.90. The van der Waals surface area contributed by atoms with Gasteiger partial charge in [0.1, 0.15) is 0 Å². The van der Waals surface area contributed by atoms with E-state index < -0.39 is 24.0 Å². The Kier molecular flexibility index (Phi) is 5.43. The molecule has 3 rings (SSSR count). The monoisotopic (exact) mass is 353 g/mol. The van der Waals surface area contributed by atoms with E-state index in [1.54, 1.807) is 24.3 Å². The molecule has 6 heteroatoms. The maximum absolute atomic E-state index is 12.6. The normalized spacial score (nSPS) is 14.3. The second-order valence-corrected chi connectivity index (χ2v) is 5.92. The van der Waals surface area contributed by atoms with Crippen LogP contribution in [0.3, 0.4) is 0 Å². The fourth-order valence-corrected chi connectivity index (χ4v) is 2.85. The van der Waals surface area contributed by atoms with Gasteiger partial charge in [-0.15, -0.1) is 0 Å². The zero-order valence-corrected chi connectivity index (χ0v) is 14.4. The summed E-state index contributed by atoms with van der Waals surface area (Å²) in [4.78, 5) is 37.6. The minimum absolute atomic E-state index is 0.206. The van der Waals surface area contributed by atoms with E-state index in [0.717, 1.165) is 10.5 Å². The maximum Gasteiger partial charge on any atom is 0.304 e. The van der Waals surface area contributed by atoms with Gasteiger partial charge in [-0.05, 0) is 17.7 Å². The van der Waals surface area contributed by atoms with Crippen molar-refractivity contribution in [3.05, 3.63) is 71.3 Å². The van der Waals surface area contributed by atoms with Gasteiger partial charge >= 0.3 is 5.97 Å². The average molecular weight is 353 g/mol. The van der Waals surface area contributed by atoms with Crippen molar-refractivity contribution in [3.8, 4) is 0 Å². The van der Waals surface area contributed by atoms with Crippen LogP contribution in [-0.4, -0.2) is 35.5 Å². The lowest BCUT2D eigenvalue weighted by Gasteiger charge is -2.25. The van der Waals surface area contributed by atoms with E-state index >= 15 is 0 Å². The third-order valence-electron chi connectivity index (χ3n) is 4.04. The van der Waals surface area contributed by atoms with Crippen molar-refractivity contribution in [2.75, 3.05) is 6.61 Å². The first kappa shape index (κ1) is 17.8. The van der Waals surface area contributed by atoms with Crippen LogP contribution in [0, 0.1) is 0 Å². The number of nitrogens with zero attached hydrogens (tertiary/aromatic N) is 1. The van der Waals surface area contributed by atoms with Crippen molar-refractivity contribution in [1.29, 1.82) is 0 Å². The van der Waals surface area contributed by atoms with Crippen LogP contribution in [-0.2, 0) is 20.9 Å². The van der Waals surface area contributed by atoms with E-state index in [0.29, 0.717) is 17.7 Å². The Hall–Kier alpha value is -2.99. The SMILES string of the molecule is CC(=O)OC(CCOCc1ccccc1)N1C(=O)c2ccccc2C1=O. The first-order valence-electron chi connectivity index (χ1n) is 8.33. The molecular weight excluding hydrogens is 334 g/mol. The Morgan fingerprint density at radius 3 is 2.12 bits per heavy atom. The third kappa shape index (κ3) is 3.81. The summed E-state index contributed by atoms with van der Waals surface area (Å²) in [6.45, 7) is 1.88. The molecule has 0 radical (unpaired) electrons. The van der Waals surface area contributed by atoms with Gasteiger partial charge in [-0.3, -0.25) is 14.4 Å². The van der Waals surface area contributed by atoms with Crippen molar-refractivity contribution in [2.24, 2.45) is 0 Å². The molecule has 0 bridgehead atoms. The lowest BCUT2D eigenvalue weighted by Crippen LogP contribution is -2.43. The molecule has 1 aliphatic rings. The lowest BCUT2D eigenvalue weighted by molar-refractivity contribution is -0.153. The van der Waals surface area contributed by atoms with Gasteiger partial charge < -0.3 is 9.47 Å². The molecule has 0 aliphatic carbocycles. The Labute approximate surface area is 151 Å². The molecule has 0 spiro atoms. The van der Waals surface area contributed by atoms with Gasteiger partial charge in [0, 0.05) is 13.3 Å². The first-order valence-corrected chi connectivity index (χ1v) is 8.33. The minimum atomic E-state index is -0.990. The van der Waals surface area contributed by atoms with Crippen molar-refractivity contribution in [3.63, 3.8) is 0 Å². The van der Waals surface area contributed by atoms with E-state index in [9.17, 15) is 14.4 Å². The van der Waals surface area contributed by atoms with E-state index in [-0.39, 0.29) is 13.0 Å². The lowest BCUT2D eigenvalue weighted by atomic mass is 10.1. The highest BCUT2D eigenvalue weighted by atomic mass is 16.6. The number of rotatable bonds is 7. The summed E-state index contributed by atoms with van der Waals surface area (Å²) in [7, 11) is 0. The summed E-state index contributed by atoms with van der Waals surface area (Å²) in [5, 5.41) is 0. The molecule has 1 atom stereocenters. The molecule has 0 N–H and O–H groups in total. The molecule has 0 aromatic heterocycles. The highest BCUT2D eigenvalue weighted by Crippen LogP contribution is 2.26. The molecule has 134 valence electrons. The Bertz CT molecular complexity index is 783. The van der Waals surface area contributed by atoms with Gasteiger partial charge in [0.05, 0.1) is 24.3 Å². The highest BCUT2D eigenvalue weighted by molar-refractivity contribution is 6.21. The van der Waals surface area contributed by atoms with Crippen LogP contribution in [0.1, 0.15) is 39.6 Å². The zero-order chi connectivity index (χ0) is 18.5. The van der Waals surface area contributed by atoms with E-state index in [1.807, 2.05) is 30.3 Å². The van der Waals surface area contributed by atoms with Crippen molar-refractivity contribution < 1.29 is 23.9 Å². The van der Waals surface area contributed by atoms with Crippen LogP contribution in [0.4, 0.5) is 0 Å². The Morgan fingerprint density at radius 1 is 0.962 bits per heavy atom. The predicted molar refractivity (Wildman–Crippen MR) is 93.2 cm³/mol. The molecular formula is C20H19NO5. The van der Waals surface area contributed by atoms with Crippen molar-refractivity contribution in [2.45, 2.75) is 26.2 Å². The first-order chi connectivity index (χ1) is 12.6. The van der Waals surface area contributed by atoms with Crippen LogP contribution in [0.15, 0.2) is 54.6 Å². The Morgan fingerprint density at radius 2 is 1.54 bits per heavy atom. The van der Waals surface area contributed by atoms with Gasteiger partial charge in [0.15, 0.2) is 6.23 Å². The number of hydrogen-bond donors (Lipinski definition) is 0. The van der Waals surface area contributed by atoms with Gasteiger partial charge in [-0.25, -0.2) is 4.90 Å². The fourth-order valence-electron chi connectivity index (χ4n) is 2.85. The highest BCUT2D eigenvalue weighted by Gasteiger charge is 2.41. The van der Waals surface area contributed by atoms with Crippen LogP contribution in [0.25, 0.3) is 0 Å². The minimum Gasteiger partial charge on any atom is -0.441 e. The molecule has 0 fully saturated rings. The van der Waals surface area contributed by atoms with Crippen molar-refractivity contribution in [1.82, 2.24) is 4.90 Å². The number of carbonyl (C=O) groups excluding carboxylic acids is 3. The summed E-state index contributed by atoms with van der Waals surface area (Å²) >= 11 is 0. The van der Waals surface area contributed by atoms with Crippen LogP contribution in [0.2, 0.25) is 0 Å². The van der Waals surface area contributed by atoms with Gasteiger partial charge in [0.25, 0.3) is 11.8 Å². The summed E-state index contributed by atoms with van der Waals surface area (Å²) in [5.41, 5.74) is 1.65. The molecule has 26 heavy (non-hydrogen) atoms. The van der Waals surface area contributed by atoms with Gasteiger partial charge in [-0.1, -0.05) is 42.5 Å². The fraction of sp³-hybridized carbons (Fsp3) is 0.250. The van der Waals surface area contributed by atoms with Crippen molar-refractivity contribution >= 4 is 17.8 Å².